The fourth-order valence-corrected chi connectivity index (χ4v) is 4.20. The van der Waals surface area contributed by atoms with Crippen molar-refractivity contribution < 1.29 is 19.1 Å². The lowest BCUT2D eigenvalue weighted by molar-refractivity contribution is -0.136. The predicted molar refractivity (Wildman–Crippen MR) is 119 cm³/mol. The Morgan fingerprint density at radius 2 is 1.55 bits per heavy atom. The van der Waals surface area contributed by atoms with Crippen molar-refractivity contribution >= 4 is 17.5 Å². The van der Waals surface area contributed by atoms with Crippen LogP contribution < -0.4 is 14.8 Å². The molecule has 2 aromatic rings. The third-order valence-corrected chi connectivity index (χ3v) is 6.05. The van der Waals surface area contributed by atoms with Crippen LogP contribution in [0.2, 0.25) is 0 Å². The molecule has 0 spiro atoms. The van der Waals surface area contributed by atoms with Crippen molar-refractivity contribution in [3.05, 3.63) is 54.6 Å². The number of rotatable bonds is 7. The highest BCUT2D eigenvalue weighted by Crippen LogP contribution is 2.26. The fraction of sp³-hybridized carbons (Fsp3) is 0.440. The van der Waals surface area contributed by atoms with Crippen molar-refractivity contribution in [3.8, 4) is 11.5 Å². The Hall–Kier alpha value is -3.02. The number of anilines is 1. The predicted octanol–water partition coefficient (Wildman–Crippen LogP) is 4.26. The second-order valence-corrected chi connectivity index (χ2v) is 8.29. The van der Waals surface area contributed by atoms with Gasteiger partial charge in [-0.05, 0) is 74.9 Å². The summed E-state index contributed by atoms with van der Waals surface area (Å²) in [6.45, 7) is 1.17. The SMILES string of the molecule is O=C(Nc1ccc(OC2CCCC2)cc1)C1CCN(C(=O)COc2ccccc2)CC1. The number of piperidine rings is 1. The van der Waals surface area contributed by atoms with E-state index in [4.69, 9.17) is 9.47 Å². The molecule has 2 aromatic carbocycles. The Bertz CT molecular complexity index is 855. The molecule has 0 atom stereocenters. The summed E-state index contributed by atoms with van der Waals surface area (Å²) in [4.78, 5) is 26.8. The summed E-state index contributed by atoms with van der Waals surface area (Å²) in [7, 11) is 0. The number of hydrogen-bond donors (Lipinski definition) is 1. The van der Waals surface area contributed by atoms with Gasteiger partial charge in [0.2, 0.25) is 5.91 Å². The molecule has 0 aromatic heterocycles. The zero-order chi connectivity index (χ0) is 21.5. The molecule has 1 aliphatic carbocycles. The molecule has 2 fully saturated rings. The number of benzene rings is 2. The van der Waals surface area contributed by atoms with Crippen molar-refractivity contribution in [2.45, 2.75) is 44.6 Å². The highest BCUT2D eigenvalue weighted by atomic mass is 16.5. The Labute approximate surface area is 183 Å². The maximum Gasteiger partial charge on any atom is 0.260 e. The van der Waals surface area contributed by atoms with Crippen LogP contribution in [-0.2, 0) is 9.59 Å². The third kappa shape index (κ3) is 6.00. The molecule has 0 unspecified atom stereocenters. The average Bonchev–Trinajstić information content (AvgIpc) is 3.32. The van der Waals surface area contributed by atoms with Crippen molar-refractivity contribution in [2.75, 3.05) is 25.0 Å². The van der Waals surface area contributed by atoms with Crippen molar-refractivity contribution in [2.24, 2.45) is 5.92 Å². The smallest absolute Gasteiger partial charge is 0.260 e. The minimum atomic E-state index is -0.0893. The Balaban J connectivity index is 1.19. The van der Waals surface area contributed by atoms with Gasteiger partial charge in [-0.3, -0.25) is 9.59 Å². The lowest BCUT2D eigenvalue weighted by Crippen LogP contribution is -2.43. The quantitative estimate of drug-likeness (QED) is 0.724. The number of nitrogens with zero attached hydrogens (tertiary/aromatic N) is 1. The lowest BCUT2D eigenvalue weighted by atomic mass is 9.95. The molecule has 1 N–H and O–H groups in total. The molecule has 6 nitrogen and oxygen atoms in total. The van der Waals surface area contributed by atoms with Crippen LogP contribution in [0.4, 0.5) is 5.69 Å². The van der Waals surface area contributed by atoms with Crippen LogP contribution in [0.3, 0.4) is 0 Å². The van der Waals surface area contributed by atoms with Crippen LogP contribution >= 0.6 is 0 Å². The molecule has 1 saturated heterocycles. The molecule has 4 rings (SSSR count). The van der Waals surface area contributed by atoms with E-state index in [-0.39, 0.29) is 24.3 Å². The van der Waals surface area contributed by atoms with E-state index in [1.54, 1.807) is 4.90 Å². The second kappa shape index (κ2) is 10.3. The maximum atomic E-state index is 12.6. The van der Waals surface area contributed by atoms with Gasteiger partial charge < -0.3 is 19.7 Å². The molecule has 164 valence electrons. The minimum absolute atomic E-state index is 0.0112. The van der Waals surface area contributed by atoms with E-state index in [0.717, 1.165) is 24.3 Å². The Morgan fingerprint density at radius 3 is 2.23 bits per heavy atom. The number of amides is 2. The third-order valence-electron chi connectivity index (χ3n) is 6.05. The summed E-state index contributed by atoms with van der Waals surface area (Å²) in [5, 5.41) is 3.00. The van der Waals surface area contributed by atoms with E-state index in [2.05, 4.69) is 5.32 Å². The van der Waals surface area contributed by atoms with Crippen LogP contribution in [0.15, 0.2) is 54.6 Å². The molecule has 1 saturated carbocycles. The fourth-order valence-electron chi connectivity index (χ4n) is 4.20. The molecule has 2 aliphatic rings. The molecule has 2 amide bonds. The van der Waals surface area contributed by atoms with E-state index in [1.165, 1.54) is 12.8 Å². The van der Waals surface area contributed by atoms with Gasteiger partial charge in [0.1, 0.15) is 11.5 Å². The van der Waals surface area contributed by atoms with E-state index >= 15 is 0 Å². The molecule has 6 heteroatoms. The minimum Gasteiger partial charge on any atom is -0.490 e. The summed E-state index contributed by atoms with van der Waals surface area (Å²) in [5.41, 5.74) is 0.776. The maximum absolute atomic E-state index is 12.6. The zero-order valence-corrected chi connectivity index (χ0v) is 17.8. The molecule has 1 heterocycles. The zero-order valence-electron chi connectivity index (χ0n) is 17.8. The first-order valence-electron chi connectivity index (χ1n) is 11.2. The molecular formula is C25H30N2O4. The van der Waals surface area contributed by atoms with Gasteiger partial charge in [-0.2, -0.15) is 0 Å². The van der Waals surface area contributed by atoms with Crippen molar-refractivity contribution in [1.29, 1.82) is 0 Å². The lowest BCUT2D eigenvalue weighted by Gasteiger charge is -2.31. The Kier molecular flexibility index (Phi) is 7.07. The summed E-state index contributed by atoms with van der Waals surface area (Å²) in [5.74, 6) is 1.42. The van der Waals surface area contributed by atoms with Gasteiger partial charge in [-0.1, -0.05) is 18.2 Å². The standard InChI is InChI=1S/C25H30N2O4/c28-24(18-30-21-6-2-1-3-7-21)27-16-14-19(15-17-27)25(29)26-20-10-12-23(13-11-20)31-22-8-4-5-9-22/h1-3,6-7,10-13,19,22H,4-5,8-9,14-18H2,(H,26,29). The molecule has 1 aliphatic heterocycles. The number of nitrogens with one attached hydrogen (secondary N) is 1. The molecule has 0 bridgehead atoms. The van der Waals surface area contributed by atoms with E-state index < -0.39 is 0 Å². The highest BCUT2D eigenvalue weighted by molar-refractivity contribution is 5.92. The normalized spacial score (nSPS) is 17.4. The number of ether oxygens (including phenoxy) is 2. The van der Waals surface area contributed by atoms with Gasteiger partial charge in [0.05, 0.1) is 6.10 Å². The van der Waals surface area contributed by atoms with Crippen molar-refractivity contribution in [3.63, 3.8) is 0 Å². The number of likely N-dealkylation sites (tertiary alicyclic amines) is 1. The van der Waals surface area contributed by atoms with E-state index in [1.807, 2.05) is 54.6 Å². The topological polar surface area (TPSA) is 67.9 Å². The second-order valence-electron chi connectivity index (χ2n) is 8.29. The largest absolute Gasteiger partial charge is 0.490 e. The first-order valence-corrected chi connectivity index (χ1v) is 11.2. The van der Waals surface area contributed by atoms with Gasteiger partial charge in [-0.25, -0.2) is 0 Å². The summed E-state index contributed by atoms with van der Waals surface area (Å²) in [6.07, 6.45) is 6.37. The number of para-hydroxylation sites is 1. The summed E-state index contributed by atoms with van der Waals surface area (Å²) < 4.78 is 11.5. The number of hydrogen-bond acceptors (Lipinski definition) is 4. The van der Waals surface area contributed by atoms with Crippen LogP contribution in [0.5, 0.6) is 11.5 Å². The van der Waals surface area contributed by atoms with Crippen LogP contribution in [0.25, 0.3) is 0 Å². The van der Waals surface area contributed by atoms with Crippen LogP contribution in [0.1, 0.15) is 38.5 Å². The number of carbonyl (C=O) groups is 2. The van der Waals surface area contributed by atoms with Gasteiger partial charge in [0, 0.05) is 24.7 Å². The molecule has 0 radical (unpaired) electrons. The summed E-state index contributed by atoms with van der Waals surface area (Å²) in [6, 6.07) is 16.9. The first kappa shape index (κ1) is 21.2. The van der Waals surface area contributed by atoms with E-state index in [9.17, 15) is 9.59 Å². The van der Waals surface area contributed by atoms with Gasteiger partial charge in [0.25, 0.3) is 5.91 Å². The van der Waals surface area contributed by atoms with Gasteiger partial charge in [0.15, 0.2) is 6.61 Å². The summed E-state index contributed by atoms with van der Waals surface area (Å²) >= 11 is 0. The molecule has 31 heavy (non-hydrogen) atoms. The van der Waals surface area contributed by atoms with Gasteiger partial charge >= 0.3 is 0 Å². The molecular weight excluding hydrogens is 392 g/mol. The van der Waals surface area contributed by atoms with E-state index in [0.29, 0.717) is 37.8 Å². The first-order chi connectivity index (χ1) is 15.2. The Morgan fingerprint density at radius 1 is 0.871 bits per heavy atom. The van der Waals surface area contributed by atoms with Gasteiger partial charge in [-0.15, -0.1) is 0 Å². The highest BCUT2D eigenvalue weighted by Gasteiger charge is 2.27. The monoisotopic (exact) mass is 422 g/mol. The number of carbonyl (C=O) groups excluding carboxylic acids is 2. The van der Waals surface area contributed by atoms with Crippen molar-refractivity contribution in [1.82, 2.24) is 4.90 Å². The van der Waals surface area contributed by atoms with Crippen LogP contribution in [0, 0.1) is 5.92 Å². The van der Waals surface area contributed by atoms with Crippen LogP contribution in [-0.4, -0.2) is 42.5 Å². The average molecular weight is 423 g/mol.